The highest BCUT2D eigenvalue weighted by Crippen LogP contribution is 2.20. The second-order valence-electron chi connectivity index (χ2n) is 8.82. The molecule has 1 fully saturated rings. The lowest BCUT2D eigenvalue weighted by atomic mass is 10.1. The van der Waals surface area contributed by atoms with Crippen molar-refractivity contribution < 1.29 is 14.2 Å². The number of hydrogen-bond acceptors (Lipinski definition) is 6. The summed E-state index contributed by atoms with van der Waals surface area (Å²) in [6.45, 7) is 6.26. The molecule has 0 saturated carbocycles. The van der Waals surface area contributed by atoms with Crippen LogP contribution in [0.15, 0.2) is 53.3 Å². The number of hydrogen-bond donors (Lipinski definition) is 2. The third kappa shape index (κ3) is 6.96. The van der Waals surface area contributed by atoms with Crippen molar-refractivity contribution in [3.8, 4) is 11.5 Å². The van der Waals surface area contributed by atoms with Crippen LogP contribution in [-0.2, 0) is 17.8 Å². The van der Waals surface area contributed by atoms with E-state index in [0.717, 1.165) is 73.8 Å². The van der Waals surface area contributed by atoms with Crippen LogP contribution in [0.4, 0.5) is 0 Å². The molecule has 0 radical (unpaired) electrons. The summed E-state index contributed by atoms with van der Waals surface area (Å²) in [6.07, 6.45) is 0.979. The van der Waals surface area contributed by atoms with Crippen molar-refractivity contribution in [2.75, 3.05) is 53.6 Å². The standard InChI is InChI=1S/C27H34N4O4S/c1-33-23-6-4-20(5-7-23)18-31(27(36)28-10-3-11-30-12-14-35-15-13-30)19-22-16-21-17-24(34-2)8-9-25(21)29-26(22)32/h4-9,16-17H,3,10-15,18-19H2,1-2H3,(H,28,36)(H,29,32). The number of nitrogens with one attached hydrogen (secondary N) is 2. The minimum absolute atomic E-state index is 0.123. The van der Waals surface area contributed by atoms with Crippen LogP contribution in [0.2, 0.25) is 0 Å². The Balaban J connectivity index is 1.48. The maximum absolute atomic E-state index is 12.9. The molecule has 0 atom stereocenters. The number of rotatable bonds is 10. The van der Waals surface area contributed by atoms with Gasteiger partial charge in [0.1, 0.15) is 11.5 Å². The number of nitrogens with zero attached hydrogens (tertiary/aromatic N) is 2. The van der Waals surface area contributed by atoms with E-state index in [9.17, 15) is 4.79 Å². The lowest BCUT2D eigenvalue weighted by Gasteiger charge is -2.28. The number of pyridine rings is 1. The summed E-state index contributed by atoms with van der Waals surface area (Å²) in [5, 5.41) is 4.94. The monoisotopic (exact) mass is 510 g/mol. The topological polar surface area (TPSA) is 79.1 Å². The molecule has 0 unspecified atom stereocenters. The number of aromatic nitrogens is 1. The van der Waals surface area contributed by atoms with Crippen LogP contribution in [0.3, 0.4) is 0 Å². The third-order valence-electron chi connectivity index (χ3n) is 6.34. The number of benzene rings is 2. The Kier molecular flexibility index (Phi) is 9.16. The molecule has 1 aromatic heterocycles. The molecule has 2 N–H and O–H groups in total. The zero-order valence-electron chi connectivity index (χ0n) is 20.9. The number of H-pyrrole nitrogens is 1. The lowest BCUT2D eigenvalue weighted by Crippen LogP contribution is -2.42. The summed E-state index contributed by atoms with van der Waals surface area (Å²) >= 11 is 5.80. The Hall–Kier alpha value is -3.14. The number of aromatic amines is 1. The van der Waals surface area contributed by atoms with Crippen molar-refractivity contribution in [2.24, 2.45) is 0 Å². The molecular formula is C27H34N4O4S. The number of morpholine rings is 1. The number of fused-ring (bicyclic) bond motifs is 1. The van der Waals surface area contributed by atoms with Gasteiger partial charge in [0.2, 0.25) is 0 Å². The van der Waals surface area contributed by atoms with Gasteiger partial charge in [0, 0.05) is 42.6 Å². The Labute approximate surface area is 217 Å². The number of methoxy groups -OCH3 is 2. The summed E-state index contributed by atoms with van der Waals surface area (Å²) < 4.78 is 16.1. The average molecular weight is 511 g/mol. The first-order chi connectivity index (χ1) is 17.6. The second-order valence-corrected chi connectivity index (χ2v) is 9.21. The van der Waals surface area contributed by atoms with Crippen molar-refractivity contribution in [1.82, 2.24) is 20.1 Å². The Morgan fingerprint density at radius 2 is 1.78 bits per heavy atom. The predicted octanol–water partition coefficient (Wildman–Crippen LogP) is 3.14. The van der Waals surface area contributed by atoms with Gasteiger partial charge in [-0.05, 0) is 67.1 Å². The summed E-state index contributed by atoms with van der Waals surface area (Å²) in [6, 6.07) is 15.4. The highest BCUT2D eigenvalue weighted by Gasteiger charge is 2.15. The highest BCUT2D eigenvalue weighted by molar-refractivity contribution is 7.80. The number of thiocarbonyl (C=S) groups is 1. The first kappa shape index (κ1) is 25.9. The van der Waals surface area contributed by atoms with Crippen LogP contribution in [0.5, 0.6) is 11.5 Å². The van der Waals surface area contributed by atoms with Gasteiger partial charge >= 0.3 is 0 Å². The van der Waals surface area contributed by atoms with Crippen LogP contribution in [0.25, 0.3) is 10.9 Å². The van der Waals surface area contributed by atoms with E-state index in [2.05, 4.69) is 15.2 Å². The fourth-order valence-corrected chi connectivity index (χ4v) is 4.50. The Bertz CT molecular complexity index is 1210. The Morgan fingerprint density at radius 3 is 2.50 bits per heavy atom. The van der Waals surface area contributed by atoms with Crippen molar-refractivity contribution in [1.29, 1.82) is 0 Å². The van der Waals surface area contributed by atoms with Gasteiger partial charge < -0.3 is 29.4 Å². The molecule has 1 saturated heterocycles. The molecule has 1 aliphatic heterocycles. The van der Waals surface area contributed by atoms with Gasteiger partial charge in [0.05, 0.1) is 34.0 Å². The summed E-state index contributed by atoms with van der Waals surface area (Å²) in [5.41, 5.74) is 2.37. The molecule has 0 bridgehead atoms. The molecule has 3 aromatic rings. The normalized spacial score (nSPS) is 13.9. The molecule has 0 spiro atoms. The average Bonchev–Trinajstić information content (AvgIpc) is 2.91. The van der Waals surface area contributed by atoms with Gasteiger partial charge in [-0.15, -0.1) is 0 Å². The molecule has 2 heterocycles. The first-order valence-corrected chi connectivity index (χ1v) is 12.6. The molecule has 0 aliphatic carbocycles. The largest absolute Gasteiger partial charge is 0.497 e. The molecule has 4 rings (SSSR count). The van der Waals surface area contributed by atoms with Gasteiger partial charge in [-0.25, -0.2) is 0 Å². The van der Waals surface area contributed by atoms with E-state index < -0.39 is 0 Å². The number of ether oxygens (including phenoxy) is 3. The zero-order chi connectivity index (χ0) is 25.3. The Morgan fingerprint density at radius 1 is 1.06 bits per heavy atom. The SMILES string of the molecule is COc1ccc(CN(Cc2cc3cc(OC)ccc3[nH]c2=O)C(=S)NCCCN2CCOCC2)cc1. The van der Waals surface area contributed by atoms with Gasteiger partial charge in [0.25, 0.3) is 5.56 Å². The van der Waals surface area contributed by atoms with E-state index in [0.29, 0.717) is 23.8 Å². The van der Waals surface area contributed by atoms with Gasteiger partial charge in [-0.2, -0.15) is 0 Å². The maximum Gasteiger partial charge on any atom is 0.253 e. The van der Waals surface area contributed by atoms with Crippen molar-refractivity contribution in [2.45, 2.75) is 19.5 Å². The molecular weight excluding hydrogens is 476 g/mol. The van der Waals surface area contributed by atoms with E-state index in [-0.39, 0.29) is 5.56 Å². The molecule has 36 heavy (non-hydrogen) atoms. The third-order valence-corrected chi connectivity index (χ3v) is 6.74. The molecule has 9 heteroatoms. The van der Waals surface area contributed by atoms with E-state index in [4.69, 9.17) is 26.4 Å². The molecule has 8 nitrogen and oxygen atoms in total. The van der Waals surface area contributed by atoms with Crippen LogP contribution in [0.1, 0.15) is 17.5 Å². The van der Waals surface area contributed by atoms with E-state index in [1.54, 1.807) is 14.2 Å². The smallest absolute Gasteiger partial charge is 0.253 e. The summed E-state index contributed by atoms with van der Waals surface area (Å²) in [5.74, 6) is 1.54. The van der Waals surface area contributed by atoms with Gasteiger partial charge in [-0.1, -0.05) is 12.1 Å². The molecule has 192 valence electrons. The first-order valence-electron chi connectivity index (χ1n) is 12.2. The van der Waals surface area contributed by atoms with Gasteiger partial charge in [0.15, 0.2) is 5.11 Å². The van der Waals surface area contributed by atoms with Crippen LogP contribution in [-0.4, -0.2) is 73.5 Å². The van der Waals surface area contributed by atoms with Crippen LogP contribution < -0.4 is 20.3 Å². The zero-order valence-corrected chi connectivity index (χ0v) is 21.7. The maximum atomic E-state index is 12.9. The predicted molar refractivity (Wildman–Crippen MR) is 146 cm³/mol. The summed E-state index contributed by atoms with van der Waals surface area (Å²) in [7, 11) is 3.28. The second kappa shape index (κ2) is 12.7. The fraction of sp³-hybridized carbons (Fsp3) is 0.407. The molecule has 2 aromatic carbocycles. The van der Waals surface area contributed by atoms with E-state index in [1.807, 2.05) is 53.4 Å². The van der Waals surface area contributed by atoms with Crippen molar-refractivity contribution in [3.05, 3.63) is 70.0 Å². The molecule has 0 amide bonds. The quantitative estimate of drug-likeness (QED) is 0.318. The van der Waals surface area contributed by atoms with Crippen LogP contribution >= 0.6 is 12.2 Å². The van der Waals surface area contributed by atoms with Crippen molar-refractivity contribution >= 4 is 28.2 Å². The van der Waals surface area contributed by atoms with Crippen LogP contribution in [0, 0.1) is 0 Å². The molecule has 1 aliphatic rings. The van der Waals surface area contributed by atoms with Crippen molar-refractivity contribution in [3.63, 3.8) is 0 Å². The minimum atomic E-state index is -0.123. The van der Waals surface area contributed by atoms with E-state index >= 15 is 0 Å². The summed E-state index contributed by atoms with van der Waals surface area (Å²) in [4.78, 5) is 20.3. The highest BCUT2D eigenvalue weighted by atomic mass is 32.1. The van der Waals surface area contributed by atoms with E-state index in [1.165, 1.54) is 0 Å². The minimum Gasteiger partial charge on any atom is -0.497 e. The fourth-order valence-electron chi connectivity index (χ4n) is 4.27. The lowest BCUT2D eigenvalue weighted by molar-refractivity contribution is 0.0376. The van der Waals surface area contributed by atoms with Gasteiger partial charge in [-0.3, -0.25) is 9.69 Å².